The third-order valence-corrected chi connectivity index (χ3v) is 7.29. The molecule has 0 spiro atoms. The number of ether oxygens (including phenoxy) is 1. The summed E-state index contributed by atoms with van der Waals surface area (Å²) in [4.78, 5) is 32.0. The molecule has 1 unspecified atom stereocenters. The third-order valence-electron chi connectivity index (χ3n) is 6.06. The second-order valence-corrected chi connectivity index (χ2v) is 9.77. The molecule has 1 saturated heterocycles. The van der Waals surface area contributed by atoms with Crippen molar-refractivity contribution in [1.82, 2.24) is 5.01 Å². The molecule has 170 valence electrons. The maximum Gasteiger partial charge on any atom is 0.433 e. The zero-order valence-electron chi connectivity index (χ0n) is 18.5. The van der Waals surface area contributed by atoms with E-state index < -0.39 is 8.53 Å². The largest absolute Gasteiger partial charge is 0.433 e. The van der Waals surface area contributed by atoms with Gasteiger partial charge in [-0.3, -0.25) is 4.79 Å². The van der Waals surface area contributed by atoms with Gasteiger partial charge in [0.15, 0.2) is 5.78 Å². The van der Waals surface area contributed by atoms with Gasteiger partial charge in [0, 0.05) is 12.0 Å². The van der Waals surface area contributed by atoms with Crippen molar-refractivity contribution in [3.63, 3.8) is 0 Å². The fourth-order valence-electron chi connectivity index (χ4n) is 4.03. The van der Waals surface area contributed by atoms with Crippen LogP contribution in [0.3, 0.4) is 0 Å². The first kappa shape index (κ1) is 25.4. The number of ketones is 1. The summed E-state index contributed by atoms with van der Waals surface area (Å²) in [5.74, 6) is 0.257. The van der Waals surface area contributed by atoms with Crippen molar-refractivity contribution < 1.29 is 23.7 Å². The lowest BCUT2D eigenvalue weighted by Crippen LogP contribution is -2.57. The Morgan fingerprint density at radius 2 is 1.47 bits per heavy atom. The fraction of sp³-hybridized carbons (Fsp3) is 0.696. The molecule has 1 aliphatic rings. The Labute approximate surface area is 183 Å². The Balaban J connectivity index is 1.46. The smallest absolute Gasteiger partial charge is 0.378 e. The van der Waals surface area contributed by atoms with E-state index in [0.717, 1.165) is 50.9 Å². The Morgan fingerprint density at radius 3 is 2.03 bits per heavy atom. The number of quaternary nitrogens is 1. The van der Waals surface area contributed by atoms with E-state index >= 15 is 0 Å². The monoisotopic (exact) mass is 439 g/mol. The molecule has 0 aliphatic carbocycles. The molecule has 7 heteroatoms. The van der Waals surface area contributed by atoms with Gasteiger partial charge in [-0.2, -0.15) is 4.36 Å². The van der Waals surface area contributed by atoms with E-state index in [1.54, 1.807) is 0 Å². The van der Waals surface area contributed by atoms with Gasteiger partial charge in [0.2, 0.25) is 0 Å². The highest BCUT2D eigenvalue weighted by Gasteiger charge is 2.40. The lowest BCUT2D eigenvalue weighted by molar-refractivity contribution is -0.922. The molecule has 2 N–H and O–H groups in total. The molecule has 1 aromatic carbocycles. The van der Waals surface area contributed by atoms with Gasteiger partial charge in [0.25, 0.3) is 0 Å². The highest BCUT2D eigenvalue weighted by atomic mass is 31.2. The van der Waals surface area contributed by atoms with E-state index in [9.17, 15) is 14.6 Å². The van der Waals surface area contributed by atoms with E-state index in [4.69, 9.17) is 4.74 Å². The number of carbonyl (C=O) groups excluding carboxylic acids is 1. The number of hydrogen-bond acceptors (Lipinski definition) is 5. The second kappa shape index (κ2) is 14.2. The van der Waals surface area contributed by atoms with Gasteiger partial charge < -0.3 is 14.5 Å². The Morgan fingerprint density at radius 1 is 0.933 bits per heavy atom. The van der Waals surface area contributed by atoms with E-state index in [2.05, 4.69) is 5.01 Å². The summed E-state index contributed by atoms with van der Waals surface area (Å²) in [6.07, 6.45) is 11.0. The predicted molar refractivity (Wildman–Crippen MR) is 122 cm³/mol. The van der Waals surface area contributed by atoms with E-state index in [1.165, 1.54) is 32.1 Å². The van der Waals surface area contributed by atoms with Gasteiger partial charge >= 0.3 is 8.53 Å². The third kappa shape index (κ3) is 8.70. The van der Waals surface area contributed by atoms with Gasteiger partial charge in [0.05, 0.1) is 33.4 Å². The summed E-state index contributed by atoms with van der Waals surface area (Å²) in [5, 5.41) is 2.14. The van der Waals surface area contributed by atoms with Crippen LogP contribution < -0.4 is 0 Å². The molecule has 1 heterocycles. The van der Waals surface area contributed by atoms with Gasteiger partial charge in [-0.1, -0.05) is 68.9 Å². The van der Waals surface area contributed by atoms with Crippen molar-refractivity contribution in [2.24, 2.45) is 0 Å². The van der Waals surface area contributed by atoms with Crippen LogP contribution in [0.15, 0.2) is 30.3 Å². The van der Waals surface area contributed by atoms with E-state index in [0.29, 0.717) is 19.6 Å². The topological polar surface area (TPSA) is 70.0 Å². The zero-order chi connectivity index (χ0) is 21.7. The molecule has 1 atom stereocenters. The standard InChI is InChI=1S/C23H40N2O4P/c1-25(30(27)28,24-17-20-29-21-18-24)19-13-8-6-4-2-3-5-7-12-16-23(26)22-14-10-9-11-15-22/h9-11,14-15,27-28H,2-8,12-13,16-21H2,1H3/q+1. The minimum atomic E-state index is -2.04. The van der Waals surface area contributed by atoms with Gasteiger partial charge in [-0.05, 0) is 19.3 Å². The molecular formula is C23H40N2O4P+. The number of benzene rings is 1. The number of unbranched alkanes of at least 4 members (excludes halogenated alkanes) is 8. The van der Waals surface area contributed by atoms with Crippen LogP contribution in [-0.4, -0.2) is 64.8 Å². The van der Waals surface area contributed by atoms with Crippen molar-refractivity contribution in [2.45, 2.75) is 64.2 Å². The highest BCUT2D eigenvalue weighted by molar-refractivity contribution is 7.38. The quantitative estimate of drug-likeness (QED) is 0.236. The SMILES string of the molecule is C[N+](CCCCCCCCCCCC(=O)c1ccccc1)(N1CCOCC1)P(O)O. The molecule has 1 aliphatic heterocycles. The maximum atomic E-state index is 12.1. The summed E-state index contributed by atoms with van der Waals surface area (Å²) in [5.41, 5.74) is 0.829. The number of rotatable bonds is 15. The summed E-state index contributed by atoms with van der Waals surface area (Å²) in [6, 6.07) is 9.57. The molecule has 1 fully saturated rings. The van der Waals surface area contributed by atoms with Crippen LogP contribution in [0.5, 0.6) is 0 Å². The first-order valence-corrected chi connectivity index (χ1v) is 12.7. The molecule has 30 heavy (non-hydrogen) atoms. The first-order valence-electron chi connectivity index (χ1n) is 11.5. The summed E-state index contributed by atoms with van der Waals surface area (Å²) in [6.45, 7) is 3.61. The van der Waals surface area contributed by atoms with Gasteiger partial charge in [0.1, 0.15) is 6.54 Å². The highest BCUT2D eigenvalue weighted by Crippen LogP contribution is 2.40. The Bertz CT molecular complexity index is 596. The lowest BCUT2D eigenvalue weighted by Gasteiger charge is -2.43. The second-order valence-electron chi connectivity index (χ2n) is 8.37. The molecule has 0 radical (unpaired) electrons. The minimum absolute atomic E-state index is 0.237. The molecule has 0 saturated carbocycles. The van der Waals surface area contributed by atoms with Gasteiger partial charge in [-0.15, -0.1) is 5.01 Å². The number of morpholine rings is 1. The van der Waals surface area contributed by atoms with Gasteiger partial charge in [-0.25, -0.2) is 0 Å². The van der Waals surface area contributed by atoms with Crippen LogP contribution in [0.4, 0.5) is 0 Å². The van der Waals surface area contributed by atoms with Crippen LogP contribution in [-0.2, 0) is 4.74 Å². The van der Waals surface area contributed by atoms with Crippen molar-refractivity contribution in [2.75, 3.05) is 39.9 Å². The molecular weight excluding hydrogens is 399 g/mol. The zero-order valence-corrected chi connectivity index (χ0v) is 19.4. The molecule has 0 aromatic heterocycles. The molecule has 0 bridgehead atoms. The average molecular weight is 440 g/mol. The number of carbonyl (C=O) groups is 1. The van der Waals surface area contributed by atoms with E-state index in [-0.39, 0.29) is 10.1 Å². The minimum Gasteiger partial charge on any atom is -0.378 e. The normalized spacial score (nSPS) is 17.2. The van der Waals surface area contributed by atoms with Crippen LogP contribution in [0.2, 0.25) is 0 Å². The summed E-state index contributed by atoms with van der Waals surface area (Å²) in [7, 11) is -0.111. The summed E-state index contributed by atoms with van der Waals surface area (Å²) < 4.78 is 5.62. The van der Waals surface area contributed by atoms with Crippen LogP contribution >= 0.6 is 8.53 Å². The molecule has 6 nitrogen and oxygen atoms in total. The Hall–Kier alpha value is -0.880. The van der Waals surface area contributed by atoms with Crippen LogP contribution in [0.1, 0.15) is 74.6 Å². The number of hydrogen-bond donors (Lipinski definition) is 2. The maximum absolute atomic E-state index is 12.1. The molecule has 2 rings (SSSR count). The van der Waals surface area contributed by atoms with E-state index in [1.807, 2.05) is 37.4 Å². The van der Waals surface area contributed by atoms with Crippen molar-refractivity contribution in [3.8, 4) is 0 Å². The average Bonchev–Trinajstić information content (AvgIpc) is 2.78. The first-order chi connectivity index (χ1) is 14.5. The fourth-order valence-corrected chi connectivity index (χ4v) is 4.76. The van der Waals surface area contributed by atoms with Crippen LogP contribution in [0, 0.1) is 0 Å². The number of Topliss-reactive ketones (excluding diaryl/α,β-unsaturated/α-hetero) is 1. The summed E-state index contributed by atoms with van der Waals surface area (Å²) >= 11 is 0. The number of nitrogens with zero attached hydrogens (tertiary/aromatic N) is 2. The van der Waals surface area contributed by atoms with Crippen molar-refractivity contribution in [1.29, 1.82) is 0 Å². The Kier molecular flexibility index (Phi) is 12.0. The van der Waals surface area contributed by atoms with Crippen LogP contribution in [0.25, 0.3) is 0 Å². The van der Waals surface area contributed by atoms with Crippen molar-refractivity contribution >= 4 is 14.3 Å². The molecule has 1 aromatic rings. The van der Waals surface area contributed by atoms with Crippen molar-refractivity contribution in [3.05, 3.63) is 35.9 Å². The lowest BCUT2D eigenvalue weighted by atomic mass is 10.0. The molecule has 0 amide bonds. The predicted octanol–water partition coefficient (Wildman–Crippen LogP) is 4.68.